The van der Waals surface area contributed by atoms with Crippen molar-refractivity contribution in [2.24, 2.45) is 0 Å². The number of hydrogen-bond acceptors (Lipinski definition) is 3. The summed E-state index contributed by atoms with van der Waals surface area (Å²) in [5.41, 5.74) is 1.15. The van der Waals surface area contributed by atoms with E-state index < -0.39 is 5.97 Å². The van der Waals surface area contributed by atoms with Gasteiger partial charge in [0.15, 0.2) is 0 Å². The standard InChI is InChI=1S/C15H16FNO3/c1-2-20-13(18)8-17-9-15(5-6-15)12-7-10(16)3-4-11(12)14(17)19/h3-4,7H,2,5-6,8-9H2,1H3. The van der Waals surface area contributed by atoms with Crippen LogP contribution in [-0.4, -0.2) is 36.5 Å². The fourth-order valence-corrected chi connectivity index (χ4v) is 2.90. The number of esters is 1. The fraction of sp³-hybridized carbons (Fsp3) is 0.467. The first-order valence-corrected chi connectivity index (χ1v) is 6.81. The van der Waals surface area contributed by atoms with Crippen molar-refractivity contribution in [1.29, 1.82) is 0 Å². The molecule has 1 aliphatic carbocycles. The lowest BCUT2D eigenvalue weighted by molar-refractivity contribution is -0.143. The monoisotopic (exact) mass is 277 g/mol. The predicted octanol–water partition coefficient (Wildman–Crippen LogP) is 1.88. The quantitative estimate of drug-likeness (QED) is 0.792. The number of amides is 1. The maximum atomic E-state index is 13.4. The van der Waals surface area contributed by atoms with Gasteiger partial charge >= 0.3 is 5.97 Å². The number of rotatable bonds is 3. The minimum atomic E-state index is -0.401. The molecule has 20 heavy (non-hydrogen) atoms. The molecule has 2 aliphatic rings. The maximum Gasteiger partial charge on any atom is 0.325 e. The second kappa shape index (κ2) is 4.58. The van der Waals surface area contributed by atoms with Crippen LogP contribution in [0, 0.1) is 5.82 Å². The lowest BCUT2D eigenvalue weighted by Gasteiger charge is -2.34. The van der Waals surface area contributed by atoms with Gasteiger partial charge in [-0.05, 0) is 43.5 Å². The third-order valence-corrected chi connectivity index (χ3v) is 4.04. The highest BCUT2D eigenvalue weighted by Gasteiger charge is 2.51. The molecule has 1 amide bonds. The van der Waals surface area contributed by atoms with Crippen molar-refractivity contribution in [2.75, 3.05) is 19.7 Å². The largest absolute Gasteiger partial charge is 0.465 e. The molecule has 1 saturated carbocycles. The van der Waals surface area contributed by atoms with E-state index in [1.807, 2.05) is 0 Å². The van der Waals surface area contributed by atoms with Crippen LogP contribution in [0.15, 0.2) is 18.2 Å². The van der Waals surface area contributed by atoms with Gasteiger partial charge in [-0.25, -0.2) is 4.39 Å². The molecule has 1 aliphatic heterocycles. The first-order valence-electron chi connectivity index (χ1n) is 6.81. The number of carbonyl (C=O) groups is 2. The molecule has 5 heteroatoms. The predicted molar refractivity (Wildman–Crippen MR) is 69.8 cm³/mol. The van der Waals surface area contributed by atoms with Crippen LogP contribution in [0.5, 0.6) is 0 Å². The molecule has 1 fully saturated rings. The van der Waals surface area contributed by atoms with Crippen LogP contribution in [0.3, 0.4) is 0 Å². The van der Waals surface area contributed by atoms with E-state index in [0.717, 1.165) is 18.4 Å². The van der Waals surface area contributed by atoms with Gasteiger partial charge in [0.05, 0.1) is 6.61 Å². The lowest BCUT2D eigenvalue weighted by atomic mass is 9.86. The number of carbonyl (C=O) groups excluding carboxylic acids is 2. The second-order valence-electron chi connectivity index (χ2n) is 5.44. The van der Waals surface area contributed by atoms with Gasteiger partial charge in [0.25, 0.3) is 5.91 Å². The summed E-state index contributed by atoms with van der Waals surface area (Å²) in [7, 11) is 0. The van der Waals surface area contributed by atoms with Gasteiger partial charge in [-0.15, -0.1) is 0 Å². The van der Waals surface area contributed by atoms with Gasteiger partial charge in [-0.1, -0.05) is 0 Å². The van der Waals surface area contributed by atoms with Gasteiger partial charge < -0.3 is 9.64 Å². The number of ether oxygens (including phenoxy) is 1. The Balaban J connectivity index is 1.90. The Morgan fingerprint density at radius 2 is 2.20 bits per heavy atom. The number of hydrogen-bond donors (Lipinski definition) is 0. The molecule has 0 radical (unpaired) electrons. The molecule has 1 aromatic carbocycles. The average molecular weight is 277 g/mol. The highest BCUT2D eigenvalue weighted by molar-refractivity contribution is 5.99. The van der Waals surface area contributed by atoms with Crippen molar-refractivity contribution in [1.82, 2.24) is 4.90 Å². The smallest absolute Gasteiger partial charge is 0.325 e. The molecule has 1 spiro atoms. The Bertz CT molecular complexity index is 580. The van der Waals surface area contributed by atoms with Crippen LogP contribution >= 0.6 is 0 Å². The Morgan fingerprint density at radius 1 is 1.45 bits per heavy atom. The fourth-order valence-electron chi connectivity index (χ4n) is 2.90. The van der Waals surface area contributed by atoms with Crippen molar-refractivity contribution in [2.45, 2.75) is 25.2 Å². The molecule has 0 atom stereocenters. The minimum absolute atomic E-state index is 0.0365. The van der Waals surface area contributed by atoms with Gasteiger partial charge in [-0.2, -0.15) is 0 Å². The summed E-state index contributed by atoms with van der Waals surface area (Å²) in [5, 5.41) is 0. The summed E-state index contributed by atoms with van der Waals surface area (Å²) in [5.74, 6) is -0.936. The highest BCUT2D eigenvalue weighted by Crippen LogP contribution is 2.52. The summed E-state index contributed by atoms with van der Waals surface area (Å²) in [6, 6.07) is 4.27. The zero-order chi connectivity index (χ0) is 14.3. The Labute approximate surface area is 116 Å². The van der Waals surface area contributed by atoms with Gasteiger partial charge in [0, 0.05) is 17.5 Å². The lowest BCUT2D eigenvalue weighted by Crippen LogP contribution is -2.46. The Morgan fingerprint density at radius 3 is 2.85 bits per heavy atom. The summed E-state index contributed by atoms with van der Waals surface area (Å²) < 4.78 is 18.3. The highest BCUT2D eigenvalue weighted by atomic mass is 19.1. The number of benzene rings is 1. The van der Waals surface area contributed by atoms with Gasteiger partial charge in [-0.3, -0.25) is 9.59 Å². The first kappa shape index (κ1) is 13.1. The van der Waals surface area contributed by atoms with Crippen LogP contribution in [0.25, 0.3) is 0 Å². The molecule has 0 N–H and O–H groups in total. The molecular formula is C15H16FNO3. The average Bonchev–Trinajstić information content (AvgIpc) is 3.17. The molecule has 1 heterocycles. The maximum absolute atomic E-state index is 13.4. The van der Waals surface area contributed by atoms with E-state index in [2.05, 4.69) is 0 Å². The van der Waals surface area contributed by atoms with Crippen LogP contribution in [-0.2, 0) is 14.9 Å². The molecule has 106 valence electrons. The third-order valence-electron chi connectivity index (χ3n) is 4.04. The van der Waals surface area contributed by atoms with Crippen LogP contribution in [0.2, 0.25) is 0 Å². The summed E-state index contributed by atoms with van der Waals surface area (Å²) in [6.45, 7) is 2.47. The molecule has 0 bridgehead atoms. The topological polar surface area (TPSA) is 46.6 Å². The minimum Gasteiger partial charge on any atom is -0.465 e. The SMILES string of the molecule is CCOC(=O)CN1CC2(CC2)c2cc(F)ccc2C1=O. The number of nitrogens with zero attached hydrogens (tertiary/aromatic N) is 1. The van der Waals surface area contributed by atoms with E-state index >= 15 is 0 Å². The first-order chi connectivity index (χ1) is 9.55. The zero-order valence-electron chi connectivity index (χ0n) is 11.3. The van der Waals surface area contributed by atoms with Crippen molar-refractivity contribution >= 4 is 11.9 Å². The van der Waals surface area contributed by atoms with E-state index in [0.29, 0.717) is 18.7 Å². The molecule has 1 aromatic rings. The summed E-state index contributed by atoms with van der Waals surface area (Å²) in [6.07, 6.45) is 1.85. The Hall–Kier alpha value is -1.91. The van der Waals surface area contributed by atoms with Crippen molar-refractivity contribution < 1.29 is 18.7 Å². The van der Waals surface area contributed by atoms with Crippen molar-refractivity contribution in [3.8, 4) is 0 Å². The molecular weight excluding hydrogens is 261 g/mol. The molecule has 0 unspecified atom stereocenters. The summed E-state index contributed by atoms with van der Waals surface area (Å²) >= 11 is 0. The van der Waals surface area contributed by atoms with Crippen molar-refractivity contribution in [3.63, 3.8) is 0 Å². The van der Waals surface area contributed by atoms with E-state index in [1.165, 1.54) is 23.1 Å². The second-order valence-corrected chi connectivity index (χ2v) is 5.44. The van der Waals surface area contributed by atoms with E-state index in [9.17, 15) is 14.0 Å². The molecule has 0 saturated heterocycles. The number of fused-ring (bicyclic) bond motifs is 2. The molecule has 0 aromatic heterocycles. The van der Waals surface area contributed by atoms with Gasteiger partial charge in [0.2, 0.25) is 0 Å². The van der Waals surface area contributed by atoms with Crippen LogP contribution < -0.4 is 0 Å². The zero-order valence-corrected chi connectivity index (χ0v) is 11.3. The van der Waals surface area contributed by atoms with E-state index in [-0.39, 0.29) is 23.7 Å². The molecule has 3 rings (SSSR count). The van der Waals surface area contributed by atoms with Crippen LogP contribution in [0.4, 0.5) is 4.39 Å². The number of halogens is 1. The third kappa shape index (κ3) is 2.07. The van der Waals surface area contributed by atoms with Crippen LogP contribution in [0.1, 0.15) is 35.7 Å². The van der Waals surface area contributed by atoms with E-state index in [1.54, 1.807) is 6.92 Å². The van der Waals surface area contributed by atoms with E-state index in [4.69, 9.17) is 4.74 Å². The van der Waals surface area contributed by atoms with Crippen molar-refractivity contribution in [3.05, 3.63) is 35.1 Å². The molecule has 4 nitrogen and oxygen atoms in total. The van der Waals surface area contributed by atoms with Gasteiger partial charge in [0.1, 0.15) is 12.4 Å². The Kier molecular flexibility index (Phi) is 3.00. The summed E-state index contributed by atoms with van der Waals surface area (Å²) in [4.78, 5) is 25.5. The normalized spacial score (nSPS) is 18.9.